The second-order valence-corrected chi connectivity index (χ2v) is 19.6. The molecule has 24 nitrogen and oxygen atoms in total. The smallest absolute Gasteiger partial charge is 0.246 e. The second-order valence-electron chi connectivity index (χ2n) is 18.6. The SMILES string of the molecule is C[C@@](Cc1c[nH]c2ccccc12)(NC(=O)[C@H](Cc1c[nH]c2ccccc12)NC(=O)Cc1cccs1)C(=O)N[C@@H](CCCN=C(N)N)C(=O)N1CCC[C@H]1C(=O)N[C@@H](CCCN=C(N)N)C(=O)N[C@@H](CC(N)=O)C(N)=O. The molecular formula is C50H66N16O8S. The van der Waals surface area contributed by atoms with E-state index in [0.29, 0.717) is 12.0 Å². The molecule has 0 saturated carbocycles. The molecule has 0 bridgehead atoms. The highest BCUT2D eigenvalue weighted by Gasteiger charge is 2.43. The molecule has 6 atom stereocenters. The Morgan fingerprint density at radius 2 is 1.33 bits per heavy atom. The standard InChI is InChI=1S/C50H66N16O8S/c1-50(25-29-27-60-34-14-5-3-12-32(29)34,65-44(71)38(61-41(68)23-30-10-9-21-75-30)22-28-26-59-33-13-4-2-11-31(28)33)47(74)64-36(16-7-19-58-49(55)56)46(73)66-20-8-17-39(66)45(72)62-35(15-6-18-57-48(53)54)43(70)63-37(42(52)69)24-40(51)67/h2-5,9-14,21,26-27,35-39,59-60H,6-8,15-20,22-25H2,1H3,(H2,51,67)(H2,52,69)(H,61,68)(H,62,72)(H,63,70)(H,64,74)(H,65,71)(H4,53,54,57)(H4,55,56,58)/t35-,36-,37-,38-,39-,50-/m0/s1. The van der Waals surface area contributed by atoms with Gasteiger partial charge in [-0.3, -0.25) is 48.3 Å². The van der Waals surface area contributed by atoms with E-state index in [0.717, 1.165) is 32.2 Å². The third kappa shape index (κ3) is 15.5. The molecular weight excluding hydrogens is 985 g/mol. The van der Waals surface area contributed by atoms with E-state index in [-0.39, 0.29) is 82.9 Å². The Kier molecular flexibility index (Phi) is 19.3. The number of thiophene rings is 1. The van der Waals surface area contributed by atoms with E-state index in [4.69, 9.17) is 34.4 Å². The summed E-state index contributed by atoms with van der Waals surface area (Å²) in [5, 5.41) is 17.3. The normalized spacial score (nSPS) is 15.6. The van der Waals surface area contributed by atoms with Crippen molar-refractivity contribution in [3.05, 3.63) is 94.4 Å². The number of aromatic amines is 2. The molecule has 19 N–H and O–H groups in total. The van der Waals surface area contributed by atoms with Gasteiger partial charge < -0.3 is 75.9 Å². The molecule has 1 aliphatic rings. The van der Waals surface area contributed by atoms with Gasteiger partial charge in [0, 0.05) is 71.6 Å². The number of rotatable bonds is 27. The predicted molar refractivity (Wildman–Crippen MR) is 284 cm³/mol. The van der Waals surface area contributed by atoms with Gasteiger partial charge >= 0.3 is 0 Å². The van der Waals surface area contributed by atoms with Crippen LogP contribution in [0.5, 0.6) is 0 Å². The Morgan fingerprint density at radius 3 is 1.93 bits per heavy atom. The first kappa shape index (κ1) is 55.8. The minimum atomic E-state index is -1.80. The predicted octanol–water partition coefficient (Wildman–Crippen LogP) is -0.988. The van der Waals surface area contributed by atoms with Crippen LogP contribution >= 0.6 is 11.3 Å². The number of hydrogen-bond donors (Lipinski definition) is 13. The lowest BCUT2D eigenvalue weighted by Gasteiger charge is -2.35. The summed E-state index contributed by atoms with van der Waals surface area (Å²) in [6.45, 7) is 1.78. The van der Waals surface area contributed by atoms with Gasteiger partial charge in [-0.15, -0.1) is 11.3 Å². The summed E-state index contributed by atoms with van der Waals surface area (Å²) >= 11 is 1.40. The Bertz CT molecular complexity index is 2910. The third-order valence-electron chi connectivity index (χ3n) is 12.8. The Labute approximate surface area is 436 Å². The number of likely N-dealkylation sites (tertiary alicyclic amines) is 1. The van der Waals surface area contributed by atoms with E-state index in [1.54, 1.807) is 12.4 Å². The van der Waals surface area contributed by atoms with Crippen molar-refractivity contribution < 1.29 is 38.4 Å². The maximum atomic E-state index is 15.2. The van der Waals surface area contributed by atoms with E-state index < -0.39 is 89.4 Å². The minimum Gasteiger partial charge on any atom is -0.370 e. The lowest BCUT2D eigenvalue weighted by Crippen LogP contribution is -2.64. The Hall–Kier alpha value is -8.48. The maximum Gasteiger partial charge on any atom is 0.246 e. The van der Waals surface area contributed by atoms with Crippen molar-refractivity contribution in [3.63, 3.8) is 0 Å². The van der Waals surface area contributed by atoms with Crippen LogP contribution in [0.15, 0.2) is 88.4 Å². The summed E-state index contributed by atoms with van der Waals surface area (Å²) in [6.07, 6.45) is 3.76. The summed E-state index contributed by atoms with van der Waals surface area (Å²) < 4.78 is 0. The number of amides is 8. The van der Waals surface area contributed by atoms with Crippen LogP contribution in [0.3, 0.4) is 0 Å². The number of H-pyrrole nitrogens is 2. The number of para-hydroxylation sites is 2. The molecule has 6 rings (SSSR count). The molecule has 25 heteroatoms. The van der Waals surface area contributed by atoms with Crippen LogP contribution in [0.2, 0.25) is 0 Å². The Morgan fingerprint density at radius 1 is 0.720 bits per heavy atom. The molecule has 2 aromatic carbocycles. The highest BCUT2D eigenvalue weighted by atomic mass is 32.1. The summed E-state index contributed by atoms with van der Waals surface area (Å²) in [7, 11) is 0. The topological polar surface area (TPSA) is 412 Å². The molecule has 75 heavy (non-hydrogen) atoms. The number of fused-ring (bicyclic) bond motifs is 2. The summed E-state index contributed by atoms with van der Waals surface area (Å²) in [4.78, 5) is 127. The highest BCUT2D eigenvalue weighted by molar-refractivity contribution is 7.10. The van der Waals surface area contributed by atoms with Crippen molar-refractivity contribution in [2.75, 3.05) is 19.6 Å². The van der Waals surface area contributed by atoms with Crippen LogP contribution in [-0.4, -0.2) is 129 Å². The van der Waals surface area contributed by atoms with Gasteiger partial charge in [0.25, 0.3) is 0 Å². The van der Waals surface area contributed by atoms with Crippen molar-refractivity contribution in [3.8, 4) is 0 Å². The first-order valence-electron chi connectivity index (χ1n) is 24.5. The fourth-order valence-corrected chi connectivity index (χ4v) is 9.77. The van der Waals surface area contributed by atoms with Crippen molar-refractivity contribution in [1.29, 1.82) is 0 Å². The number of guanidine groups is 2. The lowest BCUT2D eigenvalue weighted by atomic mass is 9.90. The average Bonchev–Trinajstić information content (AvgIpc) is 4.21. The van der Waals surface area contributed by atoms with Crippen molar-refractivity contribution in [2.24, 2.45) is 44.4 Å². The van der Waals surface area contributed by atoms with Crippen molar-refractivity contribution in [2.45, 2.75) is 107 Å². The number of benzene rings is 2. The van der Waals surface area contributed by atoms with Crippen LogP contribution in [0, 0.1) is 0 Å². The molecule has 1 aliphatic heterocycles. The van der Waals surface area contributed by atoms with E-state index in [9.17, 15) is 33.6 Å². The number of hydrogen-bond acceptors (Lipinski definition) is 11. The zero-order valence-corrected chi connectivity index (χ0v) is 42.4. The van der Waals surface area contributed by atoms with Crippen molar-refractivity contribution in [1.82, 2.24) is 41.5 Å². The number of nitrogens with two attached hydrogens (primary N) is 6. The molecule has 3 aromatic heterocycles. The number of carbonyl (C=O) groups excluding carboxylic acids is 8. The van der Waals surface area contributed by atoms with Gasteiger partial charge in [0.05, 0.1) is 12.8 Å². The minimum absolute atomic E-state index is 0.0155. The summed E-state index contributed by atoms with van der Waals surface area (Å²) in [5.74, 6) is -6.40. The molecule has 0 spiro atoms. The largest absolute Gasteiger partial charge is 0.370 e. The molecule has 0 unspecified atom stereocenters. The zero-order chi connectivity index (χ0) is 54.2. The van der Waals surface area contributed by atoms with Gasteiger partial charge in [0.1, 0.15) is 35.7 Å². The molecule has 1 saturated heterocycles. The van der Waals surface area contributed by atoms with Crippen LogP contribution in [0.1, 0.15) is 67.9 Å². The van der Waals surface area contributed by atoms with Gasteiger partial charge in [-0.05, 0) is 80.2 Å². The van der Waals surface area contributed by atoms with Gasteiger partial charge in [-0.25, -0.2) is 0 Å². The van der Waals surface area contributed by atoms with Crippen molar-refractivity contribution >= 4 is 92.3 Å². The van der Waals surface area contributed by atoms with E-state index in [1.165, 1.54) is 23.2 Å². The monoisotopic (exact) mass is 1050 g/mol. The molecule has 400 valence electrons. The van der Waals surface area contributed by atoms with Crippen LogP contribution < -0.4 is 61.0 Å². The second kappa shape index (κ2) is 26.0. The number of nitrogens with zero attached hydrogens (tertiary/aromatic N) is 3. The van der Waals surface area contributed by atoms with Crippen LogP contribution in [-0.2, 0) is 57.6 Å². The van der Waals surface area contributed by atoms with E-state index in [1.807, 2.05) is 66.0 Å². The van der Waals surface area contributed by atoms with E-state index >= 15 is 4.79 Å². The number of carbonyl (C=O) groups is 8. The quantitative estimate of drug-likeness (QED) is 0.0171. The lowest BCUT2D eigenvalue weighted by molar-refractivity contribution is -0.143. The van der Waals surface area contributed by atoms with Gasteiger partial charge in [0.15, 0.2) is 11.9 Å². The number of aromatic nitrogens is 2. The molecule has 0 aliphatic carbocycles. The molecule has 4 heterocycles. The highest BCUT2D eigenvalue weighted by Crippen LogP contribution is 2.26. The van der Waals surface area contributed by atoms with Gasteiger partial charge in [-0.1, -0.05) is 42.5 Å². The van der Waals surface area contributed by atoms with E-state index in [2.05, 4.69) is 46.5 Å². The number of nitrogens with one attached hydrogen (secondary N) is 7. The fraction of sp³-hybridized carbons (Fsp3) is 0.400. The first-order valence-corrected chi connectivity index (χ1v) is 25.3. The number of aliphatic imine (C=N–C) groups is 2. The van der Waals surface area contributed by atoms with Gasteiger partial charge in [-0.2, -0.15) is 0 Å². The Balaban J connectivity index is 1.29. The third-order valence-corrected chi connectivity index (χ3v) is 13.7. The summed E-state index contributed by atoms with van der Waals surface area (Å²) in [5.41, 5.74) is 34.1. The van der Waals surface area contributed by atoms with Crippen LogP contribution in [0.4, 0.5) is 0 Å². The maximum absolute atomic E-state index is 15.2. The molecule has 0 radical (unpaired) electrons. The van der Waals surface area contributed by atoms with Gasteiger partial charge in [0.2, 0.25) is 47.3 Å². The molecule has 5 aromatic rings. The first-order chi connectivity index (χ1) is 35.8. The number of primary amides is 2. The molecule has 1 fully saturated rings. The zero-order valence-electron chi connectivity index (χ0n) is 41.6. The average molecular weight is 1050 g/mol. The fourth-order valence-electron chi connectivity index (χ4n) is 9.06. The summed E-state index contributed by atoms with van der Waals surface area (Å²) in [6, 6.07) is 12.2. The van der Waals surface area contributed by atoms with Crippen LogP contribution in [0.25, 0.3) is 21.8 Å². The molecule has 8 amide bonds.